The number of aliphatic hydroxyl groups is 2. The Bertz CT molecular complexity index is 276. The van der Waals surface area contributed by atoms with Crippen LogP contribution in [-0.2, 0) is 4.79 Å². The Morgan fingerprint density at radius 2 is 2.36 bits per heavy atom. The molecule has 1 rings (SSSR count). The summed E-state index contributed by atoms with van der Waals surface area (Å²) >= 11 is 2.38. The quantitative estimate of drug-likeness (QED) is 0.577. The van der Waals surface area contributed by atoms with Gasteiger partial charge in [-0.2, -0.15) is 0 Å². The third-order valence-corrected chi connectivity index (χ3v) is 4.04. The summed E-state index contributed by atoms with van der Waals surface area (Å²) in [5.41, 5.74) is 3.69. The number of primary amides is 1. The first-order valence-electron chi connectivity index (χ1n) is 3.94. The lowest BCUT2D eigenvalue weighted by Gasteiger charge is -2.19. The van der Waals surface area contributed by atoms with Gasteiger partial charge in [-0.15, -0.1) is 11.8 Å². The standard InChI is InChI=1S/C7H10N2O3S2/c8-4(10)1-2-9-6-7(12)13-3-5(11)14-6/h5-7,11-12H,1,3H2,(H-,8,10)/p+1. The summed E-state index contributed by atoms with van der Waals surface area (Å²) in [5, 5.41) is 18.2. The first kappa shape index (κ1) is 11.7. The van der Waals surface area contributed by atoms with Crippen LogP contribution in [0.25, 0.3) is 4.85 Å². The highest BCUT2D eigenvalue weighted by molar-refractivity contribution is 8.07. The number of nitrogens with two attached hydrogens (primary N) is 1. The third-order valence-electron chi connectivity index (χ3n) is 1.42. The van der Waals surface area contributed by atoms with E-state index >= 15 is 0 Å². The van der Waals surface area contributed by atoms with E-state index in [0.29, 0.717) is 5.75 Å². The Morgan fingerprint density at radius 1 is 1.64 bits per heavy atom. The van der Waals surface area contributed by atoms with Crippen LogP contribution < -0.4 is 5.73 Å². The predicted molar refractivity (Wildman–Crippen MR) is 56.9 cm³/mol. The molecule has 0 bridgehead atoms. The van der Waals surface area contributed by atoms with Crippen molar-refractivity contribution in [3.63, 3.8) is 0 Å². The molecule has 0 radical (unpaired) electrons. The zero-order valence-electron chi connectivity index (χ0n) is 7.29. The molecule has 7 heteroatoms. The monoisotopic (exact) mass is 235 g/mol. The van der Waals surface area contributed by atoms with Crippen LogP contribution in [0.1, 0.15) is 6.42 Å². The van der Waals surface area contributed by atoms with Gasteiger partial charge in [0.2, 0.25) is 5.91 Å². The van der Waals surface area contributed by atoms with Crippen molar-refractivity contribution in [3.05, 3.63) is 4.85 Å². The van der Waals surface area contributed by atoms with E-state index in [1.165, 1.54) is 11.8 Å². The van der Waals surface area contributed by atoms with Gasteiger partial charge in [-0.25, -0.2) is 0 Å². The van der Waals surface area contributed by atoms with Gasteiger partial charge in [0.05, 0.1) is 0 Å². The molecule has 0 aromatic heterocycles. The van der Waals surface area contributed by atoms with Gasteiger partial charge in [-0.1, -0.05) is 4.85 Å². The first-order chi connectivity index (χ1) is 6.59. The van der Waals surface area contributed by atoms with Gasteiger partial charge in [0.25, 0.3) is 6.07 Å². The van der Waals surface area contributed by atoms with E-state index in [1.807, 2.05) is 0 Å². The molecule has 1 amide bonds. The zero-order chi connectivity index (χ0) is 10.6. The molecule has 0 saturated carbocycles. The second-order valence-electron chi connectivity index (χ2n) is 2.64. The largest absolute Gasteiger partial charge is 0.381 e. The highest BCUT2D eigenvalue weighted by atomic mass is 32.2. The van der Waals surface area contributed by atoms with Crippen LogP contribution in [0.2, 0.25) is 0 Å². The minimum Gasteiger partial charge on any atom is -0.381 e. The molecule has 14 heavy (non-hydrogen) atoms. The molecular formula is C7H11N2O3S2+. The van der Waals surface area contributed by atoms with E-state index in [0.717, 1.165) is 11.8 Å². The molecule has 3 atom stereocenters. The number of rotatable bonds is 1. The van der Waals surface area contributed by atoms with Gasteiger partial charge < -0.3 is 15.9 Å². The summed E-state index contributed by atoms with van der Waals surface area (Å²) in [5.74, 6) is -0.0366. The number of aliphatic hydroxyl groups excluding tert-OH is 2. The fraction of sp³-hybridized carbons (Fsp3) is 0.714. The summed E-state index contributed by atoms with van der Waals surface area (Å²) < 4.78 is 0. The second kappa shape index (κ2) is 5.46. The SMILES string of the molecule is NC(=O)CC#[N+]C1SC(O)CSC1O. The molecule has 0 aromatic carbocycles. The number of nitrogens with zero attached hydrogens (tertiary/aromatic N) is 1. The summed E-state index contributed by atoms with van der Waals surface area (Å²) in [7, 11) is 0. The summed E-state index contributed by atoms with van der Waals surface area (Å²) in [6, 6.07) is 2.45. The average molecular weight is 235 g/mol. The number of carbonyl (C=O) groups is 1. The molecule has 4 N–H and O–H groups in total. The Hall–Kier alpha value is -0.420. The highest BCUT2D eigenvalue weighted by Crippen LogP contribution is 2.34. The summed E-state index contributed by atoms with van der Waals surface area (Å²) in [6.07, 6.45) is -0.0649. The lowest BCUT2D eigenvalue weighted by molar-refractivity contribution is -0.117. The van der Waals surface area contributed by atoms with E-state index in [4.69, 9.17) is 5.73 Å². The summed E-state index contributed by atoms with van der Waals surface area (Å²) in [6.45, 7) is 0. The van der Waals surface area contributed by atoms with Crippen molar-refractivity contribution < 1.29 is 15.0 Å². The van der Waals surface area contributed by atoms with Crippen LogP contribution >= 0.6 is 23.5 Å². The number of thioether (sulfide) groups is 2. The maximum Gasteiger partial charge on any atom is 0.354 e. The van der Waals surface area contributed by atoms with Gasteiger partial charge in [-0.05, 0) is 11.8 Å². The molecule has 5 nitrogen and oxygen atoms in total. The Morgan fingerprint density at radius 3 is 3.00 bits per heavy atom. The normalized spacial score (nSPS) is 31.7. The molecule has 1 saturated heterocycles. The maximum absolute atomic E-state index is 10.4. The van der Waals surface area contributed by atoms with E-state index in [-0.39, 0.29) is 6.42 Å². The van der Waals surface area contributed by atoms with Crippen LogP contribution in [0.3, 0.4) is 0 Å². The molecule has 0 spiro atoms. The Kier molecular flexibility index (Phi) is 4.54. The lowest BCUT2D eigenvalue weighted by Crippen LogP contribution is -2.27. The summed E-state index contributed by atoms with van der Waals surface area (Å²) in [4.78, 5) is 14.2. The fourth-order valence-corrected chi connectivity index (χ4v) is 3.00. The Labute approximate surface area is 89.9 Å². The van der Waals surface area contributed by atoms with Crippen molar-refractivity contribution in [1.82, 2.24) is 0 Å². The van der Waals surface area contributed by atoms with Crippen molar-refractivity contribution in [2.24, 2.45) is 5.73 Å². The van der Waals surface area contributed by atoms with Crippen molar-refractivity contribution in [1.29, 1.82) is 0 Å². The van der Waals surface area contributed by atoms with E-state index in [9.17, 15) is 15.0 Å². The molecular weight excluding hydrogens is 224 g/mol. The number of hydrogen-bond acceptors (Lipinski definition) is 5. The molecule has 0 aromatic rings. The number of carbonyl (C=O) groups excluding carboxylic acids is 1. The number of amides is 1. The molecule has 1 aliphatic rings. The third kappa shape index (κ3) is 3.75. The van der Waals surface area contributed by atoms with Crippen LogP contribution in [0, 0.1) is 6.07 Å². The second-order valence-corrected chi connectivity index (χ2v) is 5.08. The van der Waals surface area contributed by atoms with Gasteiger partial charge in [0.1, 0.15) is 5.44 Å². The van der Waals surface area contributed by atoms with Gasteiger partial charge in [0.15, 0.2) is 11.9 Å². The fourth-order valence-electron chi connectivity index (χ4n) is 0.838. The van der Waals surface area contributed by atoms with Crippen molar-refractivity contribution in [3.8, 4) is 6.07 Å². The molecule has 3 unspecified atom stereocenters. The predicted octanol–water partition coefficient (Wildman–Crippen LogP) is -0.362. The van der Waals surface area contributed by atoms with Crippen LogP contribution in [0.5, 0.6) is 0 Å². The van der Waals surface area contributed by atoms with Crippen LogP contribution in [-0.4, -0.2) is 38.1 Å². The lowest BCUT2D eigenvalue weighted by atomic mass is 10.5. The minimum absolute atomic E-state index is 0.0649. The van der Waals surface area contributed by atoms with Crippen molar-refractivity contribution >= 4 is 29.4 Å². The Balaban J connectivity index is 2.47. The molecule has 1 heterocycles. The van der Waals surface area contributed by atoms with Crippen LogP contribution in [0.15, 0.2) is 0 Å². The minimum atomic E-state index is -0.663. The highest BCUT2D eigenvalue weighted by Gasteiger charge is 2.36. The smallest absolute Gasteiger partial charge is 0.354 e. The average Bonchev–Trinajstić information content (AvgIpc) is 2.10. The maximum atomic E-state index is 10.4. The van der Waals surface area contributed by atoms with Gasteiger partial charge in [0, 0.05) is 5.75 Å². The molecule has 1 aliphatic heterocycles. The number of hydrogen-bond donors (Lipinski definition) is 3. The molecule has 1 fully saturated rings. The first-order valence-corrected chi connectivity index (χ1v) is 5.93. The van der Waals surface area contributed by atoms with Gasteiger partial charge >= 0.3 is 5.37 Å². The topological polar surface area (TPSA) is 87.9 Å². The molecule has 0 aliphatic carbocycles. The molecule has 78 valence electrons. The van der Waals surface area contributed by atoms with Crippen molar-refractivity contribution in [2.75, 3.05) is 5.75 Å². The zero-order valence-corrected chi connectivity index (χ0v) is 8.92. The van der Waals surface area contributed by atoms with Gasteiger partial charge in [-0.3, -0.25) is 4.79 Å². The van der Waals surface area contributed by atoms with E-state index in [1.54, 1.807) is 0 Å². The van der Waals surface area contributed by atoms with E-state index in [2.05, 4.69) is 10.9 Å². The van der Waals surface area contributed by atoms with Crippen molar-refractivity contribution in [2.45, 2.75) is 22.7 Å². The van der Waals surface area contributed by atoms with Crippen LogP contribution in [0.4, 0.5) is 0 Å². The van der Waals surface area contributed by atoms with E-state index < -0.39 is 22.2 Å².